The lowest BCUT2D eigenvalue weighted by molar-refractivity contribution is -0.126. The molecule has 0 unspecified atom stereocenters. The number of nitrogens with zero attached hydrogens (tertiary/aromatic N) is 1. The molecule has 7 nitrogen and oxygen atoms in total. The molecule has 0 aliphatic rings. The molecule has 0 radical (unpaired) electrons. The minimum absolute atomic E-state index is 0.113. The maximum absolute atomic E-state index is 13.0. The highest BCUT2D eigenvalue weighted by Crippen LogP contribution is 2.19. The van der Waals surface area contributed by atoms with Crippen molar-refractivity contribution in [2.24, 2.45) is 0 Å². The van der Waals surface area contributed by atoms with Crippen LogP contribution in [0.5, 0.6) is 0 Å². The molecular formula is C19H21FN4O3. The summed E-state index contributed by atoms with van der Waals surface area (Å²) >= 11 is 0. The van der Waals surface area contributed by atoms with Crippen molar-refractivity contribution in [1.82, 2.24) is 15.5 Å². The van der Waals surface area contributed by atoms with Crippen LogP contribution in [0, 0.1) is 5.82 Å². The molecule has 4 amide bonds. The molecule has 0 saturated carbocycles. The van der Waals surface area contributed by atoms with E-state index >= 15 is 0 Å². The third kappa shape index (κ3) is 5.89. The Hall–Kier alpha value is -3.26. The van der Waals surface area contributed by atoms with Gasteiger partial charge in [0, 0.05) is 12.7 Å². The number of amides is 4. The van der Waals surface area contributed by atoms with Crippen LogP contribution in [0.2, 0.25) is 0 Å². The molecule has 27 heavy (non-hydrogen) atoms. The van der Waals surface area contributed by atoms with Crippen LogP contribution in [0.15, 0.2) is 54.6 Å². The predicted molar refractivity (Wildman–Crippen MR) is 99.4 cm³/mol. The monoisotopic (exact) mass is 372 g/mol. The van der Waals surface area contributed by atoms with Crippen molar-refractivity contribution >= 4 is 23.5 Å². The number of imide groups is 1. The first-order valence-electron chi connectivity index (χ1n) is 8.24. The summed E-state index contributed by atoms with van der Waals surface area (Å²) in [4.78, 5) is 37.9. The van der Waals surface area contributed by atoms with Gasteiger partial charge in [-0.3, -0.25) is 19.8 Å². The summed E-state index contributed by atoms with van der Waals surface area (Å²) in [7, 11) is 3.01. The summed E-state index contributed by atoms with van der Waals surface area (Å²) in [6.45, 7) is -0.113. The fourth-order valence-electron chi connectivity index (χ4n) is 2.54. The van der Waals surface area contributed by atoms with Gasteiger partial charge in [-0.15, -0.1) is 0 Å². The number of rotatable bonds is 6. The Morgan fingerprint density at radius 3 is 2.26 bits per heavy atom. The van der Waals surface area contributed by atoms with Crippen LogP contribution in [-0.2, 0) is 9.59 Å². The highest BCUT2D eigenvalue weighted by Gasteiger charge is 2.27. The number of hydrogen-bond donors (Lipinski definition) is 3. The number of carbonyl (C=O) groups excluding carboxylic acids is 3. The van der Waals surface area contributed by atoms with Crippen LogP contribution in [0.25, 0.3) is 0 Å². The Morgan fingerprint density at radius 1 is 1.04 bits per heavy atom. The summed E-state index contributed by atoms with van der Waals surface area (Å²) in [5.74, 6) is -1.34. The molecule has 0 saturated heterocycles. The molecule has 0 aliphatic carbocycles. The average Bonchev–Trinajstić information content (AvgIpc) is 2.64. The minimum Gasteiger partial charge on any atom is -0.341 e. The molecule has 0 aliphatic heterocycles. The summed E-state index contributed by atoms with van der Waals surface area (Å²) < 4.78 is 13.0. The van der Waals surface area contributed by atoms with E-state index in [1.165, 1.54) is 36.2 Å². The Morgan fingerprint density at radius 2 is 1.67 bits per heavy atom. The van der Waals surface area contributed by atoms with Gasteiger partial charge >= 0.3 is 6.03 Å². The van der Waals surface area contributed by atoms with E-state index in [0.717, 1.165) is 0 Å². The zero-order valence-corrected chi connectivity index (χ0v) is 15.0. The second kappa shape index (κ2) is 9.44. The molecule has 3 N–H and O–H groups in total. The fraction of sp³-hybridized carbons (Fsp3) is 0.211. The third-order valence-corrected chi connectivity index (χ3v) is 3.79. The van der Waals surface area contributed by atoms with Crippen LogP contribution in [-0.4, -0.2) is 43.4 Å². The first kappa shape index (κ1) is 20.1. The Balaban J connectivity index is 2.11. The van der Waals surface area contributed by atoms with Gasteiger partial charge in [-0.05, 0) is 36.9 Å². The van der Waals surface area contributed by atoms with Crippen LogP contribution in [0.1, 0.15) is 11.6 Å². The number of carbonyl (C=O) groups is 3. The zero-order chi connectivity index (χ0) is 19.8. The van der Waals surface area contributed by atoms with Crippen molar-refractivity contribution in [3.8, 4) is 0 Å². The summed E-state index contributed by atoms with van der Waals surface area (Å²) in [5.41, 5.74) is 1.08. The van der Waals surface area contributed by atoms with Crippen LogP contribution in [0.3, 0.4) is 0 Å². The smallest absolute Gasteiger partial charge is 0.321 e. The van der Waals surface area contributed by atoms with Crippen molar-refractivity contribution < 1.29 is 18.8 Å². The minimum atomic E-state index is -0.845. The van der Waals surface area contributed by atoms with Gasteiger partial charge in [-0.25, -0.2) is 9.18 Å². The molecule has 0 aromatic heterocycles. The average molecular weight is 372 g/mol. The fourth-order valence-corrected chi connectivity index (χ4v) is 2.54. The summed E-state index contributed by atoms with van der Waals surface area (Å²) in [5, 5.41) is 7.19. The summed E-state index contributed by atoms with van der Waals surface area (Å²) in [6.07, 6.45) is 0. The van der Waals surface area contributed by atoms with E-state index in [2.05, 4.69) is 16.0 Å². The maximum Gasteiger partial charge on any atom is 0.321 e. The predicted octanol–water partition coefficient (Wildman–Crippen LogP) is 1.89. The van der Waals surface area contributed by atoms with Crippen molar-refractivity contribution in [2.45, 2.75) is 6.04 Å². The SMILES string of the molecule is CNC(=O)NC(=O)[C@@H](c1ccccc1)N(C)CC(=O)Nc1ccc(F)cc1. The lowest BCUT2D eigenvalue weighted by Crippen LogP contribution is -2.46. The maximum atomic E-state index is 13.0. The van der Waals surface area contributed by atoms with E-state index < -0.39 is 23.8 Å². The molecule has 0 spiro atoms. The quantitative estimate of drug-likeness (QED) is 0.722. The van der Waals surface area contributed by atoms with E-state index in [0.29, 0.717) is 11.3 Å². The topological polar surface area (TPSA) is 90.5 Å². The molecule has 1 atom stereocenters. The van der Waals surface area contributed by atoms with Crippen LogP contribution in [0.4, 0.5) is 14.9 Å². The standard InChI is InChI=1S/C19H21FN4O3/c1-21-19(27)23-18(26)17(13-6-4-3-5-7-13)24(2)12-16(25)22-15-10-8-14(20)9-11-15/h3-11,17H,12H2,1-2H3,(H,22,25)(H2,21,23,26,27)/t17-/m1/s1. The molecule has 0 fully saturated rings. The lowest BCUT2D eigenvalue weighted by Gasteiger charge is -2.26. The van der Waals surface area contributed by atoms with Crippen molar-refractivity contribution in [1.29, 1.82) is 0 Å². The van der Waals surface area contributed by atoms with Gasteiger partial charge in [0.25, 0.3) is 0 Å². The Bertz CT molecular complexity index is 796. The van der Waals surface area contributed by atoms with Gasteiger partial charge in [0.1, 0.15) is 11.9 Å². The number of urea groups is 1. The second-order valence-electron chi connectivity index (χ2n) is 5.85. The van der Waals surface area contributed by atoms with Crippen molar-refractivity contribution in [3.05, 3.63) is 66.0 Å². The molecule has 0 bridgehead atoms. The van der Waals surface area contributed by atoms with Crippen LogP contribution < -0.4 is 16.0 Å². The van der Waals surface area contributed by atoms with Crippen molar-refractivity contribution in [2.75, 3.05) is 26.0 Å². The number of anilines is 1. The van der Waals surface area contributed by atoms with Crippen molar-refractivity contribution in [3.63, 3.8) is 0 Å². The molecule has 142 valence electrons. The van der Waals surface area contributed by atoms with Gasteiger partial charge < -0.3 is 10.6 Å². The lowest BCUT2D eigenvalue weighted by atomic mass is 10.0. The number of halogens is 1. The molecule has 2 aromatic rings. The largest absolute Gasteiger partial charge is 0.341 e. The van der Waals surface area contributed by atoms with E-state index in [1.54, 1.807) is 37.4 Å². The number of likely N-dealkylation sites (N-methyl/N-ethyl adjacent to an activating group) is 1. The Kier molecular flexibility index (Phi) is 7.01. The highest BCUT2D eigenvalue weighted by atomic mass is 19.1. The van der Waals surface area contributed by atoms with Gasteiger partial charge in [0.2, 0.25) is 11.8 Å². The normalized spacial score (nSPS) is 11.6. The number of hydrogen-bond acceptors (Lipinski definition) is 4. The van der Waals surface area contributed by atoms with E-state index in [-0.39, 0.29) is 12.5 Å². The zero-order valence-electron chi connectivity index (χ0n) is 15.0. The van der Waals surface area contributed by atoms with E-state index in [9.17, 15) is 18.8 Å². The molecular weight excluding hydrogens is 351 g/mol. The van der Waals surface area contributed by atoms with Crippen LogP contribution >= 0.6 is 0 Å². The molecule has 0 heterocycles. The van der Waals surface area contributed by atoms with Gasteiger partial charge in [-0.1, -0.05) is 30.3 Å². The molecule has 2 aromatic carbocycles. The number of benzene rings is 2. The Labute approximate surface area is 156 Å². The highest BCUT2D eigenvalue weighted by molar-refractivity contribution is 5.98. The van der Waals surface area contributed by atoms with Gasteiger partial charge in [-0.2, -0.15) is 0 Å². The molecule has 8 heteroatoms. The number of nitrogens with one attached hydrogen (secondary N) is 3. The first-order chi connectivity index (χ1) is 12.9. The first-order valence-corrected chi connectivity index (χ1v) is 8.24. The third-order valence-electron chi connectivity index (χ3n) is 3.79. The van der Waals surface area contributed by atoms with Gasteiger partial charge in [0.15, 0.2) is 0 Å². The second-order valence-corrected chi connectivity index (χ2v) is 5.85. The van der Waals surface area contributed by atoms with Gasteiger partial charge in [0.05, 0.1) is 6.54 Å². The molecule has 2 rings (SSSR count). The summed E-state index contributed by atoms with van der Waals surface area (Å²) in [6, 6.07) is 12.7. The van der Waals surface area contributed by atoms with E-state index in [4.69, 9.17) is 0 Å². The van der Waals surface area contributed by atoms with E-state index in [1.807, 2.05) is 0 Å².